The highest BCUT2D eigenvalue weighted by Gasteiger charge is 2.23. The molecular weight excluding hydrogens is 496 g/mol. The van der Waals surface area contributed by atoms with E-state index in [1.807, 2.05) is 11.0 Å². The molecular formula is C30H34N4O3S. The highest BCUT2D eigenvalue weighted by atomic mass is 32.2. The number of aliphatic imine (C=N–C) groups is 1. The molecule has 2 aliphatic heterocycles. The van der Waals surface area contributed by atoms with Crippen molar-refractivity contribution in [3.63, 3.8) is 0 Å². The van der Waals surface area contributed by atoms with Crippen molar-refractivity contribution in [3.05, 3.63) is 88.5 Å². The van der Waals surface area contributed by atoms with E-state index in [2.05, 4.69) is 46.7 Å². The van der Waals surface area contributed by atoms with Gasteiger partial charge in [-0.25, -0.2) is 8.42 Å². The lowest BCUT2D eigenvalue weighted by molar-refractivity contribution is 0.0761. The van der Waals surface area contributed by atoms with E-state index in [1.54, 1.807) is 42.6 Å². The molecule has 1 amide bonds. The maximum Gasteiger partial charge on any atom is 0.264 e. The van der Waals surface area contributed by atoms with Crippen molar-refractivity contribution in [2.24, 2.45) is 4.99 Å². The molecule has 3 aromatic rings. The monoisotopic (exact) mass is 530 g/mol. The van der Waals surface area contributed by atoms with Crippen molar-refractivity contribution in [1.29, 1.82) is 0 Å². The predicted octanol–water partition coefficient (Wildman–Crippen LogP) is 5.10. The van der Waals surface area contributed by atoms with Gasteiger partial charge in [-0.1, -0.05) is 35.9 Å². The Morgan fingerprint density at radius 1 is 0.974 bits per heavy atom. The van der Waals surface area contributed by atoms with E-state index in [9.17, 15) is 13.2 Å². The summed E-state index contributed by atoms with van der Waals surface area (Å²) in [6.45, 7) is 8.29. The van der Waals surface area contributed by atoms with Gasteiger partial charge in [0.25, 0.3) is 15.9 Å². The minimum absolute atomic E-state index is 0.0283. The van der Waals surface area contributed by atoms with Crippen LogP contribution in [0.25, 0.3) is 0 Å². The number of para-hydroxylation sites is 1. The van der Waals surface area contributed by atoms with Crippen LogP contribution in [-0.2, 0) is 23.0 Å². The number of carbonyl (C=O) groups is 1. The largest absolute Gasteiger partial charge is 0.337 e. The Balaban J connectivity index is 1.22. The second-order valence-electron chi connectivity index (χ2n) is 10.1. The molecule has 0 spiro atoms. The molecule has 1 saturated heterocycles. The summed E-state index contributed by atoms with van der Waals surface area (Å²) in [4.78, 5) is 22.1. The van der Waals surface area contributed by atoms with Gasteiger partial charge in [0.1, 0.15) is 4.90 Å². The number of benzene rings is 3. The molecule has 2 heterocycles. The first-order chi connectivity index (χ1) is 18.3. The van der Waals surface area contributed by atoms with Gasteiger partial charge in [0.2, 0.25) is 0 Å². The molecule has 0 unspecified atom stereocenters. The third-order valence-electron chi connectivity index (χ3n) is 7.29. The van der Waals surface area contributed by atoms with Crippen LogP contribution in [0.2, 0.25) is 0 Å². The first kappa shape index (κ1) is 26.1. The number of nitrogens with one attached hydrogen (secondary N) is 1. The molecule has 1 fully saturated rings. The Kier molecular flexibility index (Phi) is 7.63. The van der Waals surface area contributed by atoms with Gasteiger partial charge in [0, 0.05) is 50.2 Å². The van der Waals surface area contributed by atoms with Gasteiger partial charge >= 0.3 is 0 Å². The maximum absolute atomic E-state index is 13.2. The Morgan fingerprint density at radius 3 is 2.61 bits per heavy atom. The van der Waals surface area contributed by atoms with Crippen LogP contribution in [0.15, 0.2) is 70.6 Å². The fourth-order valence-electron chi connectivity index (χ4n) is 5.13. The van der Waals surface area contributed by atoms with Crippen LogP contribution in [0.5, 0.6) is 0 Å². The Bertz CT molecular complexity index is 1470. The summed E-state index contributed by atoms with van der Waals surface area (Å²) in [6, 6.07) is 18.5. The fourth-order valence-corrected chi connectivity index (χ4v) is 6.38. The molecule has 3 aromatic carbocycles. The quantitative estimate of drug-likeness (QED) is 0.481. The lowest BCUT2D eigenvalue weighted by atomic mass is 10.1. The van der Waals surface area contributed by atoms with Gasteiger partial charge < -0.3 is 4.90 Å². The maximum atomic E-state index is 13.2. The van der Waals surface area contributed by atoms with E-state index in [1.165, 1.54) is 16.7 Å². The number of rotatable bonds is 6. The lowest BCUT2D eigenvalue weighted by Crippen LogP contribution is -2.35. The van der Waals surface area contributed by atoms with Crippen LogP contribution in [-0.4, -0.2) is 56.5 Å². The van der Waals surface area contributed by atoms with Gasteiger partial charge in [0.15, 0.2) is 0 Å². The van der Waals surface area contributed by atoms with Crippen LogP contribution in [0.4, 0.5) is 11.4 Å². The molecule has 0 aliphatic carbocycles. The van der Waals surface area contributed by atoms with Crippen LogP contribution < -0.4 is 4.72 Å². The van der Waals surface area contributed by atoms with Crippen LogP contribution in [0.1, 0.15) is 45.5 Å². The van der Waals surface area contributed by atoms with Crippen molar-refractivity contribution in [3.8, 4) is 0 Å². The molecule has 0 radical (unpaired) electrons. The molecule has 1 N–H and O–H groups in total. The summed E-state index contributed by atoms with van der Waals surface area (Å²) in [6.07, 6.45) is 4.26. The highest BCUT2D eigenvalue weighted by Crippen LogP contribution is 2.32. The Morgan fingerprint density at radius 2 is 1.79 bits per heavy atom. The average molecular weight is 531 g/mol. The summed E-state index contributed by atoms with van der Waals surface area (Å²) in [5.74, 6) is -0.0283. The third kappa shape index (κ3) is 5.81. The zero-order valence-corrected chi connectivity index (χ0v) is 22.8. The van der Waals surface area contributed by atoms with Gasteiger partial charge in [0.05, 0.1) is 5.69 Å². The molecule has 0 bridgehead atoms. The molecule has 2 aliphatic rings. The van der Waals surface area contributed by atoms with E-state index < -0.39 is 10.0 Å². The SMILES string of the molecule is Cc1ccc(C)c(CN2CCCN(C(=O)c3ccc(NS(=O)(=O)c4cccc5c4N=CCC5)cc3)CC2)c1. The normalized spacial score (nSPS) is 16.1. The zero-order valence-electron chi connectivity index (χ0n) is 22.0. The number of fused-ring (bicyclic) bond motifs is 1. The minimum Gasteiger partial charge on any atom is -0.337 e. The van der Waals surface area contributed by atoms with E-state index in [4.69, 9.17) is 0 Å². The van der Waals surface area contributed by atoms with Gasteiger partial charge in [-0.05, 0) is 80.1 Å². The molecule has 7 nitrogen and oxygen atoms in total. The second-order valence-corrected chi connectivity index (χ2v) is 11.8. The topological polar surface area (TPSA) is 82.1 Å². The Hall–Kier alpha value is -3.49. The van der Waals surface area contributed by atoms with Crippen molar-refractivity contribution in [2.75, 3.05) is 30.9 Å². The molecule has 38 heavy (non-hydrogen) atoms. The van der Waals surface area contributed by atoms with E-state index in [0.717, 1.165) is 44.5 Å². The van der Waals surface area contributed by atoms with Gasteiger partial charge in [-0.3, -0.25) is 19.4 Å². The number of hydrogen-bond acceptors (Lipinski definition) is 5. The number of nitrogens with zero attached hydrogens (tertiary/aromatic N) is 3. The standard InChI is InChI=1S/C30H34N4O3S/c1-22-9-10-23(2)26(20-22)21-33-16-5-17-34(19-18-33)30(35)25-11-13-27(14-12-25)32-38(36,37)28-8-3-6-24-7-4-15-31-29(24)28/h3,6,8-15,20,32H,4-5,7,16-19,21H2,1-2H3. The third-order valence-corrected chi connectivity index (χ3v) is 8.71. The van der Waals surface area contributed by atoms with Crippen LogP contribution in [0, 0.1) is 13.8 Å². The van der Waals surface area contributed by atoms with Crippen molar-refractivity contribution in [2.45, 2.75) is 44.6 Å². The molecule has 198 valence electrons. The number of hydrogen-bond donors (Lipinski definition) is 1. The average Bonchev–Trinajstić information content (AvgIpc) is 3.16. The van der Waals surface area contributed by atoms with Crippen molar-refractivity contribution >= 4 is 33.5 Å². The van der Waals surface area contributed by atoms with Gasteiger partial charge in [-0.2, -0.15) is 0 Å². The molecule has 0 aromatic heterocycles. The fraction of sp³-hybridized carbons (Fsp3) is 0.333. The lowest BCUT2D eigenvalue weighted by Gasteiger charge is -2.23. The minimum atomic E-state index is -3.82. The molecule has 0 atom stereocenters. The highest BCUT2D eigenvalue weighted by molar-refractivity contribution is 7.92. The van der Waals surface area contributed by atoms with Crippen molar-refractivity contribution in [1.82, 2.24) is 9.80 Å². The molecule has 5 rings (SSSR count). The van der Waals surface area contributed by atoms with E-state index in [-0.39, 0.29) is 10.8 Å². The summed E-state index contributed by atoms with van der Waals surface area (Å²) in [5.41, 5.74) is 6.30. The smallest absolute Gasteiger partial charge is 0.264 e. The van der Waals surface area contributed by atoms with Crippen LogP contribution >= 0.6 is 0 Å². The van der Waals surface area contributed by atoms with Crippen LogP contribution in [0.3, 0.4) is 0 Å². The predicted molar refractivity (Wildman–Crippen MR) is 152 cm³/mol. The number of amides is 1. The summed E-state index contributed by atoms with van der Waals surface area (Å²) in [7, 11) is -3.82. The number of anilines is 1. The first-order valence-electron chi connectivity index (χ1n) is 13.2. The molecule has 0 saturated carbocycles. The second kappa shape index (κ2) is 11.1. The first-order valence-corrected chi connectivity index (χ1v) is 14.6. The van der Waals surface area contributed by atoms with Crippen molar-refractivity contribution < 1.29 is 13.2 Å². The summed E-state index contributed by atoms with van der Waals surface area (Å²) >= 11 is 0. The number of aryl methyl sites for hydroxylation is 3. The summed E-state index contributed by atoms with van der Waals surface area (Å²) < 4.78 is 28.9. The Labute approximate surface area is 225 Å². The zero-order chi connectivity index (χ0) is 26.7. The van der Waals surface area contributed by atoms with E-state index >= 15 is 0 Å². The molecule has 8 heteroatoms. The van der Waals surface area contributed by atoms with Gasteiger partial charge in [-0.15, -0.1) is 0 Å². The van der Waals surface area contributed by atoms with E-state index in [0.29, 0.717) is 30.0 Å². The number of sulfonamides is 1. The number of carbonyl (C=O) groups excluding carboxylic acids is 1. The summed E-state index contributed by atoms with van der Waals surface area (Å²) in [5, 5.41) is 0.